The molecule has 4 rings (SSSR count). The molecule has 7 atom stereocenters. The Bertz CT molecular complexity index is 712. The topological polar surface area (TPSA) is 122 Å². The van der Waals surface area contributed by atoms with Crippen molar-refractivity contribution < 1.29 is 20.1 Å². The van der Waals surface area contributed by atoms with Crippen molar-refractivity contribution >= 4 is 12.7 Å². The fourth-order valence-corrected chi connectivity index (χ4v) is 3.76. The van der Waals surface area contributed by atoms with E-state index in [4.69, 9.17) is 4.74 Å². The summed E-state index contributed by atoms with van der Waals surface area (Å²) in [6.45, 7) is 2.50. The Morgan fingerprint density at radius 3 is 2.67 bits per heavy atom. The maximum atomic E-state index is 10.4. The molecule has 3 aliphatic rings. The van der Waals surface area contributed by atoms with Crippen LogP contribution in [0.15, 0.2) is 34.3 Å². The molecule has 1 aromatic rings. The van der Waals surface area contributed by atoms with Gasteiger partial charge in [-0.15, -0.1) is 0 Å². The fraction of sp³-hybridized carbons (Fsp3) is 0.556. The van der Waals surface area contributed by atoms with Gasteiger partial charge in [0.1, 0.15) is 36.3 Å². The Morgan fingerprint density at radius 1 is 1.19 bits per heavy atom. The second kappa shape index (κ2) is 7.43. The van der Waals surface area contributed by atoms with Gasteiger partial charge in [0.25, 0.3) is 0 Å². The molecule has 5 N–H and O–H groups in total. The lowest BCUT2D eigenvalue weighted by atomic mass is 10.1. The third kappa shape index (κ3) is 3.39. The molecule has 9 heteroatoms. The molecule has 7 unspecified atom stereocenters. The first-order valence-electron chi connectivity index (χ1n) is 9.20. The van der Waals surface area contributed by atoms with Crippen LogP contribution in [0.4, 0.5) is 0 Å². The number of nitrogens with zero attached hydrogens (tertiary/aromatic N) is 3. The van der Waals surface area contributed by atoms with E-state index < -0.39 is 24.5 Å². The van der Waals surface area contributed by atoms with Crippen molar-refractivity contribution in [3.63, 3.8) is 0 Å². The van der Waals surface area contributed by atoms with Crippen LogP contribution in [-0.2, 0) is 11.3 Å². The SMILES string of the molecule is CCC1OC(N2C=NC3C(NCc4ccc(O)cc4)N=CNC32)C(O)C1O. The number of rotatable bonds is 5. The van der Waals surface area contributed by atoms with Gasteiger partial charge in [0.2, 0.25) is 0 Å². The number of aliphatic imine (C=N–C) groups is 2. The first-order valence-corrected chi connectivity index (χ1v) is 9.20. The van der Waals surface area contributed by atoms with Crippen LogP contribution < -0.4 is 10.6 Å². The summed E-state index contributed by atoms with van der Waals surface area (Å²) in [5.74, 6) is 0.234. The number of phenolic OH excluding ortho intramolecular Hbond substituents is 1. The maximum absolute atomic E-state index is 10.4. The molecule has 1 fully saturated rings. The van der Waals surface area contributed by atoms with Crippen LogP contribution in [0.25, 0.3) is 0 Å². The van der Waals surface area contributed by atoms with Crippen LogP contribution in [0.2, 0.25) is 0 Å². The lowest BCUT2D eigenvalue weighted by molar-refractivity contribution is -0.0737. The van der Waals surface area contributed by atoms with Gasteiger partial charge in [0, 0.05) is 6.54 Å². The molecule has 0 aromatic heterocycles. The molecule has 27 heavy (non-hydrogen) atoms. The van der Waals surface area contributed by atoms with Gasteiger partial charge in [-0.1, -0.05) is 19.1 Å². The van der Waals surface area contributed by atoms with Gasteiger partial charge in [-0.2, -0.15) is 0 Å². The van der Waals surface area contributed by atoms with Crippen LogP contribution in [0.3, 0.4) is 0 Å². The fourth-order valence-electron chi connectivity index (χ4n) is 3.76. The predicted molar refractivity (Wildman–Crippen MR) is 99.2 cm³/mol. The van der Waals surface area contributed by atoms with E-state index in [0.717, 1.165) is 5.56 Å². The lowest BCUT2D eigenvalue weighted by Gasteiger charge is -2.37. The summed E-state index contributed by atoms with van der Waals surface area (Å²) in [6.07, 6.45) is 0.506. The highest BCUT2D eigenvalue weighted by Crippen LogP contribution is 2.30. The van der Waals surface area contributed by atoms with Crippen LogP contribution in [0, 0.1) is 0 Å². The normalized spacial score (nSPS) is 37.4. The Morgan fingerprint density at radius 2 is 1.96 bits per heavy atom. The van der Waals surface area contributed by atoms with Gasteiger partial charge in [-0.05, 0) is 24.1 Å². The van der Waals surface area contributed by atoms with E-state index >= 15 is 0 Å². The number of nitrogens with one attached hydrogen (secondary N) is 2. The molecular formula is C18H25N5O4. The zero-order valence-electron chi connectivity index (χ0n) is 15.0. The summed E-state index contributed by atoms with van der Waals surface area (Å²) < 4.78 is 5.85. The molecule has 9 nitrogen and oxygen atoms in total. The van der Waals surface area contributed by atoms with E-state index in [1.807, 2.05) is 24.0 Å². The molecule has 0 bridgehead atoms. The van der Waals surface area contributed by atoms with E-state index in [2.05, 4.69) is 20.6 Å². The van der Waals surface area contributed by atoms with Crippen LogP contribution in [-0.4, -0.2) is 75.8 Å². The van der Waals surface area contributed by atoms with E-state index in [1.165, 1.54) is 0 Å². The first kappa shape index (κ1) is 18.2. The number of hydrogen-bond acceptors (Lipinski definition) is 9. The minimum atomic E-state index is -0.996. The molecule has 0 amide bonds. The zero-order valence-corrected chi connectivity index (χ0v) is 15.0. The Kier molecular flexibility index (Phi) is 5.00. The van der Waals surface area contributed by atoms with Crippen molar-refractivity contribution in [1.82, 2.24) is 15.5 Å². The van der Waals surface area contributed by atoms with E-state index in [1.54, 1.807) is 24.8 Å². The van der Waals surface area contributed by atoms with Crippen LogP contribution >= 0.6 is 0 Å². The smallest absolute Gasteiger partial charge is 0.161 e. The van der Waals surface area contributed by atoms with Crippen LogP contribution in [0.1, 0.15) is 18.9 Å². The van der Waals surface area contributed by atoms with Crippen molar-refractivity contribution in [2.24, 2.45) is 9.98 Å². The van der Waals surface area contributed by atoms with Gasteiger partial charge in [-0.25, -0.2) is 0 Å². The van der Waals surface area contributed by atoms with Crippen molar-refractivity contribution in [2.75, 3.05) is 0 Å². The first-order chi connectivity index (χ1) is 13.1. The predicted octanol–water partition coefficient (Wildman–Crippen LogP) is -0.665. The number of hydrogen-bond donors (Lipinski definition) is 5. The minimum Gasteiger partial charge on any atom is -0.508 e. The largest absolute Gasteiger partial charge is 0.508 e. The quantitative estimate of drug-likeness (QED) is 0.463. The second-order valence-corrected chi connectivity index (χ2v) is 7.04. The highest BCUT2D eigenvalue weighted by atomic mass is 16.6. The Hall–Kier alpha value is -2.20. The minimum absolute atomic E-state index is 0.194. The summed E-state index contributed by atoms with van der Waals surface area (Å²) in [5, 5.41) is 36.4. The molecule has 0 saturated carbocycles. The standard InChI is InChI=1S/C18H25N5O4/c1-2-12-14(25)15(26)18(27-12)23-9-22-13-16(20-8-21-17(13)23)19-7-10-3-5-11(24)6-4-10/h3-6,8-9,12-19,24-26H,2,7H2,1H3,(H,20,21). The van der Waals surface area contributed by atoms with Crippen molar-refractivity contribution in [1.29, 1.82) is 0 Å². The van der Waals surface area contributed by atoms with Crippen molar-refractivity contribution in [2.45, 2.75) is 62.8 Å². The van der Waals surface area contributed by atoms with E-state index in [0.29, 0.717) is 13.0 Å². The number of aromatic hydroxyl groups is 1. The number of ether oxygens (including phenoxy) is 1. The second-order valence-electron chi connectivity index (χ2n) is 7.04. The van der Waals surface area contributed by atoms with E-state index in [-0.39, 0.29) is 24.1 Å². The Balaban J connectivity index is 1.42. The zero-order chi connectivity index (χ0) is 19.0. The molecule has 0 spiro atoms. The molecule has 0 radical (unpaired) electrons. The third-order valence-corrected chi connectivity index (χ3v) is 5.31. The third-order valence-electron chi connectivity index (χ3n) is 5.31. The average molecular weight is 375 g/mol. The highest BCUT2D eigenvalue weighted by Gasteiger charge is 2.49. The van der Waals surface area contributed by atoms with Gasteiger partial charge in [0.15, 0.2) is 6.23 Å². The maximum Gasteiger partial charge on any atom is 0.161 e. The van der Waals surface area contributed by atoms with Gasteiger partial charge in [-0.3, -0.25) is 15.3 Å². The summed E-state index contributed by atoms with van der Waals surface area (Å²) in [5.41, 5.74) is 1.03. The molecule has 0 aliphatic carbocycles. The number of aliphatic hydroxyl groups excluding tert-OH is 2. The summed E-state index contributed by atoms with van der Waals surface area (Å²) >= 11 is 0. The highest BCUT2D eigenvalue weighted by molar-refractivity contribution is 5.64. The van der Waals surface area contributed by atoms with Gasteiger partial charge in [0.05, 0.1) is 18.8 Å². The van der Waals surface area contributed by atoms with E-state index in [9.17, 15) is 15.3 Å². The van der Waals surface area contributed by atoms with Crippen LogP contribution in [0.5, 0.6) is 5.75 Å². The Labute approximate surface area is 157 Å². The van der Waals surface area contributed by atoms with Crippen molar-refractivity contribution in [3.05, 3.63) is 29.8 Å². The summed E-state index contributed by atoms with van der Waals surface area (Å²) in [4.78, 5) is 10.8. The van der Waals surface area contributed by atoms with Gasteiger partial charge < -0.3 is 30.3 Å². The molecule has 3 heterocycles. The molecule has 146 valence electrons. The summed E-state index contributed by atoms with van der Waals surface area (Å²) in [6, 6.07) is 6.80. The number of aliphatic hydroxyl groups is 2. The molecule has 3 aliphatic heterocycles. The summed E-state index contributed by atoms with van der Waals surface area (Å²) in [7, 11) is 0. The molecule has 1 saturated heterocycles. The number of phenols is 1. The average Bonchev–Trinajstić information content (AvgIpc) is 3.23. The molecular weight excluding hydrogens is 350 g/mol. The van der Waals surface area contributed by atoms with Crippen molar-refractivity contribution in [3.8, 4) is 5.75 Å². The number of fused-ring (bicyclic) bond motifs is 1. The lowest BCUT2D eigenvalue weighted by Crippen LogP contribution is -2.60. The van der Waals surface area contributed by atoms with Gasteiger partial charge >= 0.3 is 0 Å². The monoisotopic (exact) mass is 375 g/mol. The number of benzene rings is 1. The molecule has 1 aromatic carbocycles.